The number of nitrogens with one attached hydrogen (secondary N) is 1. The van der Waals surface area contributed by atoms with Gasteiger partial charge >= 0.3 is 0 Å². The third kappa shape index (κ3) is 3.07. The van der Waals surface area contributed by atoms with Crippen LogP contribution in [0, 0.1) is 0 Å². The quantitative estimate of drug-likeness (QED) is 0.730. The van der Waals surface area contributed by atoms with Crippen molar-refractivity contribution in [3.63, 3.8) is 0 Å². The predicted molar refractivity (Wildman–Crippen MR) is 65.1 cm³/mol. The molecule has 16 heavy (non-hydrogen) atoms. The van der Waals surface area contributed by atoms with E-state index in [2.05, 4.69) is 5.32 Å². The number of rotatable bonds is 0. The first-order chi connectivity index (χ1) is 7.50. The van der Waals surface area contributed by atoms with E-state index in [-0.39, 0.29) is 11.4 Å². The largest absolute Gasteiger partial charge is 0.487 e. The Morgan fingerprint density at radius 3 is 2.44 bits per heavy atom. The predicted octanol–water partition coefficient (Wildman–Crippen LogP) is 2.27. The molecule has 3 nitrogen and oxygen atoms in total. The Kier molecular flexibility index (Phi) is 4.07. The van der Waals surface area contributed by atoms with E-state index in [1.54, 1.807) is 0 Å². The molecule has 0 atom stereocenters. The van der Waals surface area contributed by atoms with Crippen molar-refractivity contribution in [3.05, 3.63) is 29.8 Å². The van der Waals surface area contributed by atoms with E-state index in [9.17, 15) is 4.79 Å². The number of ether oxygens (including phenoxy) is 1. The van der Waals surface area contributed by atoms with E-state index in [1.807, 2.05) is 52.2 Å². The van der Waals surface area contributed by atoms with Gasteiger partial charge in [0.15, 0.2) is 5.78 Å². The van der Waals surface area contributed by atoms with Crippen molar-refractivity contribution in [2.45, 2.75) is 25.9 Å². The highest BCUT2D eigenvalue weighted by Gasteiger charge is 2.31. The SMILES string of the molecule is CC1(C)CC(=O)c2ccccc2O1.CNC. The zero-order chi connectivity index (χ0) is 12.2. The Morgan fingerprint density at radius 2 is 1.81 bits per heavy atom. The third-order valence-corrected chi connectivity index (χ3v) is 2.16. The molecule has 2 rings (SSSR count). The van der Waals surface area contributed by atoms with Gasteiger partial charge in [-0.25, -0.2) is 0 Å². The molecule has 0 aliphatic carbocycles. The van der Waals surface area contributed by atoms with Crippen molar-refractivity contribution in [1.29, 1.82) is 0 Å². The van der Waals surface area contributed by atoms with Crippen molar-refractivity contribution in [2.24, 2.45) is 0 Å². The maximum Gasteiger partial charge on any atom is 0.170 e. The highest BCUT2D eigenvalue weighted by molar-refractivity contribution is 6.00. The molecule has 3 heteroatoms. The van der Waals surface area contributed by atoms with Gasteiger partial charge in [-0.15, -0.1) is 0 Å². The average molecular weight is 221 g/mol. The van der Waals surface area contributed by atoms with Gasteiger partial charge in [0.1, 0.15) is 11.4 Å². The lowest BCUT2D eigenvalue weighted by Gasteiger charge is -2.31. The lowest BCUT2D eigenvalue weighted by Crippen LogP contribution is -2.35. The minimum absolute atomic E-state index is 0.173. The first-order valence-corrected chi connectivity index (χ1v) is 5.40. The van der Waals surface area contributed by atoms with Crippen LogP contribution >= 0.6 is 0 Å². The summed E-state index contributed by atoms with van der Waals surface area (Å²) in [4.78, 5) is 11.6. The molecule has 1 N–H and O–H groups in total. The molecule has 0 saturated heterocycles. The summed E-state index contributed by atoms with van der Waals surface area (Å²) in [6.45, 7) is 3.86. The van der Waals surface area contributed by atoms with Crippen LogP contribution in [0.3, 0.4) is 0 Å². The first kappa shape index (κ1) is 12.7. The number of ketones is 1. The minimum Gasteiger partial charge on any atom is -0.487 e. The minimum atomic E-state index is -0.356. The van der Waals surface area contributed by atoms with E-state index >= 15 is 0 Å². The van der Waals surface area contributed by atoms with Crippen LogP contribution in [0.15, 0.2) is 24.3 Å². The van der Waals surface area contributed by atoms with Crippen LogP contribution in [0.2, 0.25) is 0 Å². The molecule has 0 aromatic heterocycles. The van der Waals surface area contributed by atoms with Crippen molar-refractivity contribution < 1.29 is 9.53 Å². The fourth-order valence-corrected chi connectivity index (χ4v) is 1.60. The monoisotopic (exact) mass is 221 g/mol. The lowest BCUT2D eigenvalue weighted by atomic mass is 9.93. The summed E-state index contributed by atoms with van der Waals surface area (Å²) in [5.41, 5.74) is 0.354. The second kappa shape index (κ2) is 5.12. The maximum atomic E-state index is 11.6. The third-order valence-electron chi connectivity index (χ3n) is 2.16. The second-order valence-corrected chi connectivity index (χ2v) is 4.46. The van der Waals surface area contributed by atoms with Crippen molar-refractivity contribution >= 4 is 5.78 Å². The lowest BCUT2D eigenvalue weighted by molar-refractivity contribution is 0.0620. The molecular weight excluding hydrogens is 202 g/mol. The van der Waals surface area contributed by atoms with E-state index < -0.39 is 0 Å². The molecule has 88 valence electrons. The van der Waals surface area contributed by atoms with Crippen LogP contribution in [-0.4, -0.2) is 25.5 Å². The molecule has 0 radical (unpaired) electrons. The summed E-state index contributed by atoms with van der Waals surface area (Å²) in [6.07, 6.45) is 0.462. The Hall–Kier alpha value is -1.35. The van der Waals surface area contributed by atoms with E-state index in [0.717, 1.165) is 0 Å². The van der Waals surface area contributed by atoms with Gasteiger partial charge in [0.2, 0.25) is 0 Å². The maximum absolute atomic E-state index is 11.6. The summed E-state index contributed by atoms with van der Waals surface area (Å²) in [6, 6.07) is 7.40. The molecule has 0 spiro atoms. The molecule has 1 aliphatic rings. The molecule has 0 amide bonds. The summed E-state index contributed by atoms with van der Waals surface area (Å²) in [7, 11) is 3.75. The number of benzene rings is 1. The van der Waals surface area contributed by atoms with Gasteiger partial charge in [0, 0.05) is 0 Å². The number of fused-ring (bicyclic) bond motifs is 1. The normalized spacial score (nSPS) is 16.6. The second-order valence-electron chi connectivity index (χ2n) is 4.46. The van der Waals surface area contributed by atoms with Crippen molar-refractivity contribution in [3.8, 4) is 5.75 Å². The molecular formula is C13H19NO2. The summed E-state index contributed by atoms with van der Waals surface area (Å²) in [5.74, 6) is 0.885. The van der Waals surface area contributed by atoms with E-state index in [0.29, 0.717) is 17.7 Å². The summed E-state index contributed by atoms with van der Waals surface area (Å²) in [5, 5.41) is 2.75. The zero-order valence-corrected chi connectivity index (χ0v) is 10.3. The topological polar surface area (TPSA) is 38.3 Å². The summed E-state index contributed by atoms with van der Waals surface area (Å²) < 4.78 is 5.67. The molecule has 1 aromatic rings. The fourth-order valence-electron chi connectivity index (χ4n) is 1.60. The summed E-state index contributed by atoms with van der Waals surface area (Å²) >= 11 is 0. The molecule has 0 fully saturated rings. The van der Waals surface area contributed by atoms with Gasteiger partial charge < -0.3 is 10.1 Å². The van der Waals surface area contributed by atoms with E-state index in [4.69, 9.17) is 4.74 Å². The van der Waals surface area contributed by atoms with Gasteiger partial charge in [0.25, 0.3) is 0 Å². The molecule has 1 heterocycles. The molecule has 1 aromatic carbocycles. The van der Waals surface area contributed by atoms with E-state index in [1.165, 1.54) is 0 Å². The first-order valence-electron chi connectivity index (χ1n) is 5.40. The zero-order valence-electron chi connectivity index (χ0n) is 10.3. The molecule has 0 unspecified atom stereocenters. The van der Waals surface area contributed by atoms with Gasteiger partial charge in [-0.3, -0.25) is 4.79 Å². The van der Waals surface area contributed by atoms with Crippen LogP contribution in [0.1, 0.15) is 30.6 Å². The van der Waals surface area contributed by atoms with Gasteiger partial charge in [-0.05, 0) is 40.1 Å². The van der Waals surface area contributed by atoms with Gasteiger partial charge in [-0.1, -0.05) is 12.1 Å². The van der Waals surface area contributed by atoms with Crippen LogP contribution < -0.4 is 10.1 Å². The van der Waals surface area contributed by atoms with Crippen LogP contribution in [0.4, 0.5) is 0 Å². The van der Waals surface area contributed by atoms with Crippen molar-refractivity contribution in [2.75, 3.05) is 14.1 Å². The highest BCUT2D eigenvalue weighted by atomic mass is 16.5. The Labute approximate surface area is 96.8 Å². The molecule has 1 aliphatic heterocycles. The van der Waals surface area contributed by atoms with Gasteiger partial charge in [0.05, 0.1) is 12.0 Å². The smallest absolute Gasteiger partial charge is 0.170 e. The standard InChI is InChI=1S/C11H12O2.C2H7N/c1-11(2)7-9(12)8-5-3-4-6-10(8)13-11;1-3-2/h3-6H,7H2,1-2H3;3H,1-2H3. The Balaban J connectivity index is 0.000000386. The van der Waals surface area contributed by atoms with Crippen molar-refractivity contribution in [1.82, 2.24) is 5.32 Å². The Bertz CT molecular complexity index is 372. The highest BCUT2D eigenvalue weighted by Crippen LogP contribution is 2.32. The number of Topliss-reactive ketones (excluding diaryl/α,β-unsaturated/α-hetero) is 1. The number of hydrogen-bond donors (Lipinski definition) is 1. The van der Waals surface area contributed by atoms with Gasteiger partial charge in [-0.2, -0.15) is 0 Å². The molecule has 0 saturated carbocycles. The molecule has 0 bridgehead atoms. The number of para-hydroxylation sites is 1. The number of hydrogen-bond acceptors (Lipinski definition) is 3. The van der Waals surface area contributed by atoms with Crippen LogP contribution in [0.25, 0.3) is 0 Å². The van der Waals surface area contributed by atoms with Crippen LogP contribution in [0.5, 0.6) is 5.75 Å². The average Bonchev–Trinajstić information content (AvgIpc) is 2.17. The number of carbonyl (C=O) groups is 1. The number of carbonyl (C=O) groups excluding carboxylic acids is 1. The fraction of sp³-hybridized carbons (Fsp3) is 0.462. The van der Waals surface area contributed by atoms with Crippen LogP contribution in [-0.2, 0) is 0 Å². The Morgan fingerprint density at radius 1 is 1.25 bits per heavy atom.